The zero-order valence-corrected chi connectivity index (χ0v) is 22.7. The number of amides is 2. The molecule has 2 aliphatic rings. The summed E-state index contributed by atoms with van der Waals surface area (Å²) in [4.78, 5) is 49.5. The number of esters is 1. The number of phenolic OH excluding ortho intramolecular Hbond substituents is 1. The molecule has 0 bridgehead atoms. The minimum atomic E-state index is -3.77. The number of unbranched alkanes of at least 4 members (excludes halogenated alkanes) is 1. The van der Waals surface area contributed by atoms with Crippen molar-refractivity contribution in [3.05, 3.63) is 59.2 Å². The van der Waals surface area contributed by atoms with Crippen LogP contribution in [0.25, 0.3) is 0 Å². The Morgan fingerprint density at radius 3 is 2.50 bits per heavy atom. The topological polar surface area (TPSA) is 177 Å². The number of rotatable bonds is 11. The number of hydrogen-bond donors (Lipinski definition) is 4. The molecule has 40 heavy (non-hydrogen) atoms. The van der Waals surface area contributed by atoms with Crippen molar-refractivity contribution in [1.29, 1.82) is 0 Å². The van der Waals surface area contributed by atoms with E-state index in [0.29, 0.717) is 30.5 Å². The Morgan fingerprint density at radius 1 is 1.12 bits per heavy atom. The summed E-state index contributed by atoms with van der Waals surface area (Å²) < 4.78 is 36.6. The summed E-state index contributed by atoms with van der Waals surface area (Å²) in [7, 11) is -2.57. The third-order valence-electron chi connectivity index (χ3n) is 6.97. The number of carbonyl (C=O) groups excluding carboxylic acids is 4. The van der Waals surface area contributed by atoms with Gasteiger partial charge in [-0.1, -0.05) is 30.3 Å². The Kier molecular flexibility index (Phi) is 8.74. The Labute approximate surface area is 231 Å². The molecule has 4 rings (SSSR count). The van der Waals surface area contributed by atoms with E-state index in [0.717, 1.165) is 0 Å². The second-order valence-electron chi connectivity index (χ2n) is 9.64. The van der Waals surface area contributed by atoms with E-state index in [-0.39, 0.29) is 55.3 Å². The first-order valence-corrected chi connectivity index (χ1v) is 14.3. The van der Waals surface area contributed by atoms with Crippen molar-refractivity contribution in [3.63, 3.8) is 0 Å². The summed E-state index contributed by atoms with van der Waals surface area (Å²) in [5, 5.41) is 14.8. The average molecular weight is 574 g/mol. The van der Waals surface area contributed by atoms with Crippen LogP contribution in [-0.4, -0.2) is 69.4 Å². The van der Waals surface area contributed by atoms with Gasteiger partial charge in [0.25, 0.3) is 0 Å². The molecule has 2 aliphatic heterocycles. The predicted octanol–water partition coefficient (Wildman–Crippen LogP) is 0.889. The third-order valence-corrected chi connectivity index (χ3v) is 8.67. The van der Waals surface area contributed by atoms with Crippen LogP contribution in [0.5, 0.6) is 11.5 Å². The molecule has 2 amide bonds. The Bertz CT molecular complexity index is 1410. The van der Waals surface area contributed by atoms with E-state index >= 15 is 0 Å². The van der Waals surface area contributed by atoms with Crippen LogP contribution < -0.4 is 20.1 Å². The maximum atomic E-state index is 13.2. The molecule has 0 spiro atoms. The summed E-state index contributed by atoms with van der Waals surface area (Å²) in [6, 6.07) is 11.0. The lowest BCUT2D eigenvalue weighted by Gasteiger charge is -2.27. The Balaban J connectivity index is 1.32. The first-order chi connectivity index (χ1) is 19.1. The monoisotopic (exact) mass is 573 g/mol. The quantitative estimate of drug-likeness (QED) is 0.171. The van der Waals surface area contributed by atoms with Crippen molar-refractivity contribution in [1.82, 2.24) is 15.4 Å². The molecule has 2 atom stereocenters. The number of nitrogens with one attached hydrogen (secondary N) is 3. The minimum absolute atomic E-state index is 0.0610. The highest BCUT2D eigenvalue weighted by molar-refractivity contribution is 7.90. The van der Waals surface area contributed by atoms with Gasteiger partial charge >= 0.3 is 5.97 Å². The number of carbonyl (C=O) groups is 4. The van der Waals surface area contributed by atoms with Crippen LogP contribution >= 0.6 is 0 Å². The van der Waals surface area contributed by atoms with Gasteiger partial charge in [-0.05, 0) is 36.1 Å². The van der Waals surface area contributed by atoms with Crippen molar-refractivity contribution in [2.45, 2.75) is 42.9 Å². The molecule has 2 aromatic carbocycles. The standard InChI is InChI=1S/C27H31N3O9S/c1-38-25(34)24-19(31)5-4-6-20(24)39-14-3-2-12-28-26(35)27(22(32)11-13-29-27)16-17-7-9-18(10-8-17)21-15-23(33)30-40(21,36)37/h4-10,21,29,31H,2-3,11-16H2,1H3,(H,28,35)(H,30,33). The SMILES string of the molecule is COC(=O)c1c(O)cccc1OCCCCNC(=O)C1(Cc2ccc(C3CC(=O)NS3(=O)=O)cc2)NCCC1=O. The summed E-state index contributed by atoms with van der Waals surface area (Å²) in [5.41, 5.74) is -0.379. The number of hydrogen-bond acceptors (Lipinski definition) is 10. The van der Waals surface area contributed by atoms with E-state index in [9.17, 15) is 32.7 Å². The molecule has 2 heterocycles. The Hall–Kier alpha value is -3.97. The first-order valence-electron chi connectivity index (χ1n) is 12.8. The van der Waals surface area contributed by atoms with Crippen LogP contribution in [-0.2, 0) is 35.6 Å². The summed E-state index contributed by atoms with van der Waals surface area (Å²) in [6.07, 6.45) is 1.19. The fourth-order valence-electron chi connectivity index (χ4n) is 4.86. The molecule has 0 aliphatic carbocycles. The van der Waals surface area contributed by atoms with Crippen LogP contribution in [0.4, 0.5) is 0 Å². The van der Waals surface area contributed by atoms with Crippen LogP contribution in [0, 0.1) is 0 Å². The largest absolute Gasteiger partial charge is 0.507 e. The highest BCUT2D eigenvalue weighted by atomic mass is 32.2. The average Bonchev–Trinajstić information content (AvgIpc) is 3.43. The maximum Gasteiger partial charge on any atom is 0.345 e. The number of ketones is 1. The number of ether oxygens (including phenoxy) is 2. The number of sulfonamides is 1. The zero-order valence-electron chi connectivity index (χ0n) is 21.9. The smallest absolute Gasteiger partial charge is 0.345 e. The van der Waals surface area contributed by atoms with E-state index < -0.39 is 38.6 Å². The summed E-state index contributed by atoms with van der Waals surface area (Å²) in [5.74, 6) is -2.01. The Morgan fingerprint density at radius 2 is 1.88 bits per heavy atom. The molecule has 2 aromatic rings. The fraction of sp³-hybridized carbons (Fsp3) is 0.407. The second kappa shape index (κ2) is 12.0. The molecule has 2 unspecified atom stereocenters. The number of benzene rings is 2. The van der Waals surface area contributed by atoms with Crippen LogP contribution in [0.2, 0.25) is 0 Å². The summed E-state index contributed by atoms with van der Waals surface area (Å²) >= 11 is 0. The van der Waals surface area contributed by atoms with Gasteiger partial charge in [-0.3, -0.25) is 24.4 Å². The first kappa shape index (κ1) is 29.0. The zero-order chi connectivity index (χ0) is 28.9. The van der Waals surface area contributed by atoms with Gasteiger partial charge in [-0.2, -0.15) is 0 Å². The number of phenols is 1. The highest BCUT2D eigenvalue weighted by Gasteiger charge is 2.48. The van der Waals surface area contributed by atoms with E-state index in [1.165, 1.54) is 13.2 Å². The van der Waals surface area contributed by atoms with Crippen molar-refractivity contribution in [2.24, 2.45) is 0 Å². The number of methoxy groups -OCH3 is 1. The molecular weight excluding hydrogens is 542 g/mol. The van der Waals surface area contributed by atoms with Crippen molar-refractivity contribution in [2.75, 3.05) is 26.8 Å². The normalized spacial score (nSPS) is 21.6. The van der Waals surface area contributed by atoms with E-state index in [1.807, 2.05) is 4.72 Å². The van der Waals surface area contributed by atoms with Gasteiger partial charge in [0.15, 0.2) is 11.3 Å². The lowest BCUT2D eigenvalue weighted by atomic mass is 9.86. The van der Waals surface area contributed by atoms with Crippen molar-refractivity contribution in [3.8, 4) is 11.5 Å². The lowest BCUT2D eigenvalue weighted by Crippen LogP contribution is -2.59. The molecule has 0 saturated carbocycles. The molecule has 214 valence electrons. The second-order valence-corrected chi connectivity index (χ2v) is 11.5. The van der Waals surface area contributed by atoms with Gasteiger partial charge in [0, 0.05) is 25.9 Å². The van der Waals surface area contributed by atoms with Crippen LogP contribution in [0.1, 0.15) is 52.4 Å². The lowest BCUT2D eigenvalue weighted by molar-refractivity contribution is -0.135. The molecule has 4 N–H and O–H groups in total. The van der Waals surface area contributed by atoms with Gasteiger partial charge in [0.1, 0.15) is 22.3 Å². The van der Waals surface area contributed by atoms with E-state index in [1.54, 1.807) is 36.4 Å². The van der Waals surface area contributed by atoms with Crippen LogP contribution in [0.15, 0.2) is 42.5 Å². The molecule has 2 saturated heterocycles. The highest BCUT2D eigenvalue weighted by Crippen LogP contribution is 2.31. The molecular formula is C27H31N3O9S. The van der Waals surface area contributed by atoms with Crippen molar-refractivity contribution >= 4 is 33.6 Å². The minimum Gasteiger partial charge on any atom is -0.507 e. The molecule has 13 heteroatoms. The molecule has 2 fully saturated rings. The molecule has 0 radical (unpaired) electrons. The summed E-state index contributed by atoms with van der Waals surface area (Å²) in [6.45, 7) is 0.858. The van der Waals surface area contributed by atoms with E-state index in [4.69, 9.17) is 4.74 Å². The fourth-order valence-corrected chi connectivity index (χ4v) is 6.29. The number of Topliss-reactive ketones (excluding diaryl/α,β-unsaturated/α-hetero) is 1. The van der Waals surface area contributed by atoms with Gasteiger partial charge in [0.2, 0.25) is 21.8 Å². The predicted molar refractivity (Wildman–Crippen MR) is 142 cm³/mol. The maximum absolute atomic E-state index is 13.2. The van der Waals surface area contributed by atoms with Gasteiger partial charge in [-0.15, -0.1) is 0 Å². The molecule has 12 nitrogen and oxygen atoms in total. The van der Waals surface area contributed by atoms with E-state index in [2.05, 4.69) is 15.4 Å². The van der Waals surface area contributed by atoms with Gasteiger partial charge in [-0.25, -0.2) is 13.2 Å². The van der Waals surface area contributed by atoms with Gasteiger partial charge < -0.3 is 19.9 Å². The van der Waals surface area contributed by atoms with Crippen LogP contribution in [0.3, 0.4) is 0 Å². The molecule has 0 aromatic heterocycles. The third kappa shape index (κ3) is 6.10. The van der Waals surface area contributed by atoms with Crippen molar-refractivity contribution < 1.29 is 42.2 Å². The van der Waals surface area contributed by atoms with Gasteiger partial charge in [0.05, 0.1) is 20.1 Å². The number of aromatic hydroxyl groups is 1.